The molecule has 0 aromatic carbocycles. The molecule has 3 rings (SSSR count). The zero-order chi connectivity index (χ0) is 15.0. The Morgan fingerprint density at radius 3 is 2.50 bits per heavy atom. The third kappa shape index (κ3) is 3.36. The average Bonchev–Trinajstić information content (AvgIpc) is 2.42. The second-order valence-electron chi connectivity index (χ2n) is 6.55. The third-order valence-electron chi connectivity index (χ3n) is 5.14. The van der Waals surface area contributed by atoms with Crippen LogP contribution in [0, 0.1) is 17.8 Å². The molecule has 1 aromatic heterocycles. The highest BCUT2D eigenvalue weighted by Gasteiger charge is 2.40. The fourth-order valence-electron chi connectivity index (χ4n) is 3.92. The Hall–Kier alpha value is -1.33. The van der Waals surface area contributed by atoms with Gasteiger partial charge in [-0.1, -0.05) is 6.42 Å². The number of anilines is 1. The maximum absolute atomic E-state index is 12.5. The van der Waals surface area contributed by atoms with Crippen molar-refractivity contribution in [3.63, 3.8) is 0 Å². The molecule has 2 atom stereocenters. The highest BCUT2D eigenvalue weighted by molar-refractivity contribution is 5.92. The molecule has 1 heterocycles. The minimum absolute atomic E-state index is 0. The number of halogens is 1. The predicted octanol–water partition coefficient (Wildman–Crippen LogP) is 1.90. The van der Waals surface area contributed by atoms with Crippen LogP contribution in [0.4, 0.5) is 5.69 Å². The molecule has 3 N–H and O–H groups in total. The van der Waals surface area contributed by atoms with E-state index in [0.717, 1.165) is 25.7 Å². The van der Waals surface area contributed by atoms with Crippen LogP contribution in [0.1, 0.15) is 32.1 Å². The third-order valence-corrected chi connectivity index (χ3v) is 5.14. The number of aryl methyl sites for hydroxylation is 1. The van der Waals surface area contributed by atoms with Gasteiger partial charge in [0.15, 0.2) is 0 Å². The number of aromatic nitrogens is 1. The molecule has 2 bridgehead atoms. The van der Waals surface area contributed by atoms with Gasteiger partial charge in [0.1, 0.15) is 0 Å². The summed E-state index contributed by atoms with van der Waals surface area (Å²) in [7, 11) is 1.68. The standard InChI is InChI=1S/C16H23N3O2.ClH/c1-19-9-13(5-6-14(19)20)18-16(21)12-7-10-3-2-4-11(8-12)15(10)17;/h5-6,9-12,15H,2-4,7-8,17H2,1H3,(H,18,21);1H. The molecule has 2 aliphatic carbocycles. The Balaban J connectivity index is 0.00000176. The lowest BCUT2D eigenvalue weighted by Gasteiger charge is -2.43. The van der Waals surface area contributed by atoms with Gasteiger partial charge in [-0.25, -0.2) is 0 Å². The molecule has 1 amide bonds. The van der Waals surface area contributed by atoms with E-state index in [9.17, 15) is 9.59 Å². The van der Waals surface area contributed by atoms with E-state index < -0.39 is 0 Å². The summed E-state index contributed by atoms with van der Waals surface area (Å²) in [6.45, 7) is 0. The van der Waals surface area contributed by atoms with Crippen molar-refractivity contribution in [2.24, 2.45) is 30.5 Å². The van der Waals surface area contributed by atoms with Crippen LogP contribution >= 0.6 is 12.4 Å². The molecule has 0 spiro atoms. The molecule has 2 saturated carbocycles. The lowest BCUT2D eigenvalue weighted by molar-refractivity contribution is -0.122. The molecule has 5 nitrogen and oxygen atoms in total. The quantitative estimate of drug-likeness (QED) is 0.871. The van der Waals surface area contributed by atoms with Gasteiger partial charge in [0.25, 0.3) is 0 Å². The zero-order valence-corrected chi connectivity index (χ0v) is 13.6. The number of hydrogen-bond acceptors (Lipinski definition) is 3. The molecule has 6 heteroatoms. The van der Waals surface area contributed by atoms with Gasteiger partial charge >= 0.3 is 0 Å². The largest absolute Gasteiger partial charge is 0.327 e. The van der Waals surface area contributed by atoms with E-state index in [1.165, 1.54) is 17.1 Å². The number of nitrogens with two attached hydrogens (primary N) is 1. The minimum Gasteiger partial charge on any atom is -0.327 e. The second kappa shape index (κ2) is 6.84. The minimum atomic E-state index is -0.0776. The van der Waals surface area contributed by atoms with Crippen LogP contribution in [0.25, 0.3) is 0 Å². The lowest BCUT2D eigenvalue weighted by Crippen LogP contribution is -2.48. The molecule has 122 valence electrons. The van der Waals surface area contributed by atoms with E-state index in [1.54, 1.807) is 19.3 Å². The maximum atomic E-state index is 12.5. The molecule has 2 fully saturated rings. The monoisotopic (exact) mass is 325 g/mol. The van der Waals surface area contributed by atoms with Crippen molar-refractivity contribution in [1.82, 2.24) is 4.57 Å². The van der Waals surface area contributed by atoms with Gasteiger partial charge in [0, 0.05) is 31.3 Å². The summed E-state index contributed by atoms with van der Waals surface area (Å²) in [5.74, 6) is 1.11. The van der Waals surface area contributed by atoms with Crippen molar-refractivity contribution in [3.8, 4) is 0 Å². The van der Waals surface area contributed by atoms with Crippen LogP contribution in [-0.4, -0.2) is 16.5 Å². The number of carbonyl (C=O) groups is 1. The van der Waals surface area contributed by atoms with Crippen LogP contribution < -0.4 is 16.6 Å². The zero-order valence-electron chi connectivity index (χ0n) is 12.8. The molecular weight excluding hydrogens is 302 g/mol. The first kappa shape index (κ1) is 17.0. The molecule has 2 aliphatic rings. The predicted molar refractivity (Wildman–Crippen MR) is 89.1 cm³/mol. The Bertz CT molecular complexity index is 587. The van der Waals surface area contributed by atoms with Crippen molar-refractivity contribution < 1.29 is 4.79 Å². The molecule has 0 saturated heterocycles. The van der Waals surface area contributed by atoms with Gasteiger partial charge in [-0.3, -0.25) is 9.59 Å². The van der Waals surface area contributed by atoms with Gasteiger partial charge in [-0.15, -0.1) is 12.4 Å². The summed E-state index contributed by atoms with van der Waals surface area (Å²) in [5.41, 5.74) is 6.87. The van der Waals surface area contributed by atoms with Crippen molar-refractivity contribution >= 4 is 24.0 Å². The Morgan fingerprint density at radius 1 is 1.27 bits per heavy atom. The van der Waals surface area contributed by atoms with E-state index >= 15 is 0 Å². The van der Waals surface area contributed by atoms with Gasteiger partial charge < -0.3 is 15.6 Å². The van der Waals surface area contributed by atoms with E-state index in [4.69, 9.17) is 5.73 Å². The van der Waals surface area contributed by atoms with Crippen molar-refractivity contribution in [2.75, 3.05) is 5.32 Å². The summed E-state index contributed by atoms with van der Waals surface area (Å²) >= 11 is 0. The number of nitrogens with zero attached hydrogens (tertiary/aromatic N) is 1. The van der Waals surface area contributed by atoms with E-state index in [0.29, 0.717) is 17.5 Å². The summed E-state index contributed by atoms with van der Waals surface area (Å²) < 4.78 is 1.47. The van der Waals surface area contributed by atoms with E-state index in [-0.39, 0.29) is 35.8 Å². The fraction of sp³-hybridized carbons (Fsp3) is 0.625. The number of hydrogen-bond donors (Lipinski definition) is 2. The molecular formula is C16H24ClN3O2. The number of fused-ring (bicyclic) bond motifs is 2. The molecule has 1 aromatic rings. The van der Waals surface area contributed by atoms with E-state index in [2.05, 4.69) is 5.32 Å². The SMILES string of the molecule is Cl.Cn1cc(NC(=O)C2CC3CCCC(C2)C3N)ccc1=O. The fourth-order valence-corrected chi connectivity index (χ4v) is 3.92. The van der Waals surface area contributed by atoms with Crippen LogP contribution in [0.15, 0.2) is 23.1 Å². The molecule has 0 radical (unpaired) electrons. The van der Waals surface area contributed by atoms with Crippen LogP contribution in [0.3, 0.4) is 0 Å². The Labute approximate surface area is 136 Å². The lowest BCUT2D eigenvalue weighted by atomic mass is 9.65. The summed E-state index contributed by atoms with van der Waals surface area (Å²) in [6, 6.07) is 3.41. The van der Waals surface area contributed by atoms with Crippen molar-refractivity contribution in [2.45, 2.75) is 38.1 Å². The smallest absolute Gasteiger partial charge is 0.250 e. The highest BCUT2D eigenvalue weighted by Crippen LogP contribution is 2.42. The van der Waals surface area contributed by atoms with Crippen LogP contribution in [-0.2, 0) is 11.8 Å². The van der Waals surface area contributed by atoms with Crippen molar-refractivity contribution in [3.05, 3.63) is 28.7 Å². The summed E-state index contributed by atoms with van der Waals surface area (Å²) in [6.07, 6.45) is 7.01. The van der Waals surface area contributed by atoms with Crippen LogP contribution in [0.5, 0.6) is 0 Å². The van der Waals surface area contributed by atoms with Gasteiger partial charge in [-0.05, 0) is 43.6 Å². The van der Waals surface area contributed by atoms with E-state index in [1.807, 2.05) is 0 Å². The number of nitrogens with one attached hydrogen (secondary N) is 1. The number of pyridine rings is 1. The highest BCUT2D eigenvalue weighted by atomic mass is 35.5. The maximum Gasteiger partial charge on any atom is 0.250 e. The number of carbonyl (C=O) groups excluding carboxylic acids is 1. The van der Waals surface area contributed by atoms with Gasteiger partial charge in [0.05, 0.1) is 5.69 Å². The van der Waals surface area contributed by atoms with Crippen LogP contribution in [0.2, 0.25) is 0 Å². The van der Waals surface area contributed by atoms with Crippen molar-refractivity contribution in [1.29, 1.82) is 0 Å². The normalized spacial score (nSPS) is 30.3. The topological polar surface area (TPSA) is 77.1 Å². The number of amides is 1. The first-order valence-corrected chi connectivity index (χ1v) is 7.77. The first-order chi connectivity index (χ1) is 10.0. The second-order valence-corrected chi connectivity index (χ2v) is 6.55. The first-order valence-electron chi connectivity index (χ1n) is 7.77. The summed E-state index contributed by atoms with van der Waals surface area (Å²) in [5, 5.41) is 2.94. The average molecular weight is 326 g/mol. The van der Waals surface area contributed by atoms with Gasteiger partial charge in [-0.2, -0.15) is 0 Å². The molecule has 0 aliphatic heterocycles. The molecule has 22 heavy (non-hydrogen) atoms. The summed E-state index contributed by atoms with van der Waals surface area (Å²) in [4.78, 5) is 23.8. The Morgan fingerprint density at radius 2 is 1.91 bits per heavy atom. The van der Waals surface area contributed by atoms with Gasteiger partial charge in [0.2, 0.25) is 11.5 Å². The Kier molecular flexibility index (Phi) is 5.29. The molecule has 2 unspecified atom stereocenters. The number of rotatable bonds is 2.